The molecule has 2 unspecified atom stereocenters. The second kappa shape index (κ2) is 34.3. The van der Waals surface area contributed by atoms with Crippen LogP contribution in [0.1, 0.15) is 78.8 Å². The molecule has 0 spiro atoms. The molecule has 572 valence electrons. The van der Waals surface area contributed by atoms with E-state index < -0.39 is 5.69 Å². The number of allylic oxidation sites excluding steroid dienone is 1. The number of aromatic nitrogens is 14. The van der Waals surface area contributed by atoms with Crippen LogP contribution in [0.2, 0.25) is 10.0 Å². The number of hydrogen-bond acceptors (Lipinski definition) is 20. The van der Waals surface area contributed by atoms with E-state index >= 15 is 0 Å². The number of para-hydroxylation sites is 1. The van der Waals surface area contributed by atoms with Gasteiger partial charge in [-0.05, 0) is 160 Å². The third-order valence-electron chi connectivity index (χ3n) is 19.4. The summed E-state index contributed by atoms with van der Waals surface area (Å²) in [6.07, 6.45) is 24.8. The molecule has 6 N–H and O–H groups in total. The van der Waals surface area contributed by atoms with Crippen molar-refractivity contribution < 1.29 is 19.1 Å². The van der Waals surface area contributed by atoms with Gasteiger partial charge in [-0.2, -0.15) is 0 Å². The van der Waals surface area contributed by atoms with Gasteiger partial charge in [0.15, 0.2) is 34.4 Å². The number of likely N-dealkylation sites (tertiary alicyclic amines) is 2. The molecule has 29 nitrogen and oxygen atoms in total. The lowest BCUT2D eigenvalue weighted by Gasteiger charge is -2.19. The van der Waals surface area contributed by atoms with Gasteiger partial charge in [0.1, 0.15) is 58.7 Å². The van der Waals surface area contributed by atoms with E-state index in [1.165, 1.54) is 80.1 Å². The van der Waals surface area contributed by atoms with Crippen molar-refractivity contribution in [2.45, 2.75) is 90.9 Å². The molecule has 2 atom stereocenters. The fraction of sp³-hybridized carbons (Fsp3) is 0.275. The molecule has 31 heteroatoms. The molecular weight excluding hydrogens is 1450 g/mol. The number of carbonyl (C=O) groups is 3. The smallest absolute Gasteiger partial charge is 0.339 e. The molecule has 4 aliphatic rings. The summed E-state index contributed by atoms with van der Waals surface area (Å²) in [6, 6.07) is 40.4. The number of nitrogens with zero attached hydrogens (tertiary/aromatic N) is 19. The average molecular weight is 1540 g/mol. The zero-order chi connectivity index (χ0) is 76.0. The number of anilines is 5. The van der Waals surface area contributed by atoms with Gasteiger partial charge in [0.05, 0.1) is 41.0 Å². The number of imidazole rings is 3. The van der Waals surface area contributed by atoms with Crippen molar-refractivity contribution in [2.24, 2.45) is 0 Å². The normalized spacial score (nSPS) is 15.4. The van der Waals surface area contributed by atoms with E-state index in [1.54, 1.807) is 130 Å². The van der Waals surface area contributed by atoms with Crippen LogP contribution in [0.5, 0.6) is 11.5 Å². The topological polar surface area (TPSA) is 339 Å². The number of fused-ring (bicyclic) bond motifs is 3. The fourth-order valence-corrected chi connectivity index (χ4v) is 13.8. The molecular formula is C80H86Cl2N22O7. The molecule has 2 aliphatic carbocycles. The Morgan fingerprint density at radius 2 is 0.946 bits per heavy atom. The monoisotopic (exact) mass is 1540 g/mol. The Labute approximate surface area is 649 Å². The van der Waals surface area contributed by atoms with Crippen molar-refractivity contribution in [3.05, 3.63) is 243 Å². The summed E-state index contributed by atoms with van der Waals surface area (Å²) in [5, 5.41) is 1.13. The molecule has 2 aliphatic heterocycles. The minimum Gasteiger partial charge on any atom is -0.457 e. The number of ether oxygens (including phenoxy) is 1. The van der Waals surface area contributed by atoms with Crippen molar-refractivity contribution in [3.63, 3.8) is 0 Å². The number of nitrogens with two attached hydrogens (primary N) is 3. The molecule has 12 aromatic rings. The third-order valence-corrected chi connectivity index (χ3v) is 19.9. The van der Waals surface area contributed by atoms with Crippen molar-refractivity contribution in [1.82, 2.24) is 82.0 Å². The first-order chi connectivity index (χ1) is 52.9. The molecule has 2 saturated carbocycles. The Morgan fingerprint density at radius 3 is 1.42 bits per heavy atom. The van der Waals surface area contributed by atoms with Gasteiger partial charge in [-0.25, -0.2) is 58.8 Å². The summed E-state index contributed by atoms with van der Waals surface area (Å²) in [7, 11) is 3.56. The molecule has 2 saturated heterocycles. The number of likely N-dealkylation sites (N-methyl/N-ethyl adjacent to an activating group) is 2. The van der Waals surface area contributed by atoms with Crippen molar-refractivity contribution in [2.75, 3.05) is 80.4 Å². The van der Waals surface area contributed by atoms with E-state index in [1.807, 2.05) is 84.5 Å². The highest BCUT2D eigenvalue weighted by Crippen LogP contribution is 2.38. The fourth-order valence-electron chi connectivity index (χ4n) is 13.6. The molecule has 3 amide bonds. The standard InChI is InChI=1S/C28H25N7O3.C25H25ClN8O2.C25H28ClN7O2.2CH4/c1-3-4-10-24(36)33(2)23-16-13-20(17-30-23)35-27-25(26(29)31-18-32-27)34(28(35)37)19-11-14-22(15-12-19)38-21-8-6-5-7-9-21;1-31(20-5-2-3-12-28-20)13-4-6-21(35)32-14-11-19(15-32)34-24-22(23(27)29-16-30-24)33(25(34)36)18-9-7-17(26)8-10-18;26-16-3-5-19(6-4-16)32-22-23(27)28-15-29-24(22)33(25(32)35)20-11-13-30(14-20)21(34)2-1-12-31(17-7-8-17)18-9-10-18;;/h4-18H,3H2,1-2H3,(H2,29,31,32);2-10,12,16,19H,11,13-15H2,1H3,(H2,27,29,30);1-6,15,17-18,20H,7-14H2,(H2,27,28,29);2*1H4/b10-4+;6-4+;2-1+;;. The average Bonchev–Trinajstić information content (AvgIpc) is 1.60. The molecule has 4 aromatic carbocycles. The number of pyridine rings is 2. The molecule has 4 fully saturated rings. The molecule has 0 radical (unpaired) electrons. The summed E-state index contributed by atoms with van der Waals surface area (Å²) in [6.45, 7) is 5.29. The van der Waals surface area contributed by atoms with Gasteiger partial charge in [-0.3, -0.25) is 47.0 Å². The van der Waals surface area contributed by atoms with Crippen LogP contribution in [0.25, 0.3) is 56.2 Å². The van der Waals surface area contributed by atoms with E-state index in [-0.39, 0.29) is 73.5 Å². The van der Waals surface area contributed by atoms with Crippen LogP contribution in [-0.2, 0) is 14.4 Å². The highest BCUT2D eigenvalue weighted by atomic mass is 35.5. The van der Waals surface area contributed by atoms with Crippen LogP contribution in [-0.4, -0.2) is 165 Å². The Balaban J connectivity index is 0.000000153. The predicted octanol–water partition coefficient (Wildman–Crippen LogP) is 11.0. The van der Waals surface area contributed by atoms with E-state index in [2.05, 4.69) is 44.8 Å². The van der Waals surface area contributed by atoms with E-state index in [4.69, 9.17) is 45.1 Å². The quantitative estimate of drug-likeness (QED) is 0.0597. The highest BCUT2D eigenvalue weighted by Gasteiger charge is 2.39. The van der Waals surface area contributed by atoms with Crippen LogP contribution in [0.4, 0.5) is 29.1 Å². The SMILES string of the molecule is C.C.CC/C=C/C(=O)N(C)c1ccc(-n2c(=O)n(-c3ccc(Oc4ccccc4)cc3)c3c(N)ncnc32)cn1.CN(C/C=C/C(=O)N1CCC(n2c(=O)n(-c3ccc(Cl)cc3)c3c(N)ncnc32)C1)c1ccccn1.Nc1ncnc2c1n(-c1ccc(Cl)cc1)c(=O)n2C1CCN(C(=O)/C=C/CN(C2CC2)C2CC2)C1. The molecule has 10 heterocycles. The number of hydrogen-bond donors (Lipinski definition) is 3. The van der Waals surface area contributed by atoms with E-state index in [0.717, 1.165) is 18.8 Å². The number of carbonyl (C=O) groups excluding carboxylic acids is 3. The number of benzene rings is 4. The maximum Gasteiger partial charge on any atom is 0.339 e. The second-order valence-corrected chi connectivity index (χ2v) is 27.5. The van der Waals surface area contributed by atoms with Gasteiger partial charge in [0.25, 0.3) is 5.91 Å². The number of halogens is 2. The van der Waals surface area contributed by atoms with Crippen molar-refractivity contribution in [1.29, 1.82) is 0 Å². The lowest BCUT2D eigenvalue weighted by atomic mass is 10.2. The lowest BCUT2D eigenvalue weighted by Crippen LogP contribution is -2.31. The molecule has 0 bridgehead atoms. The predicted molar refractivity (Wildman–Crippen MR) is 434 cm³/mol. The van der Waals surface area contributed by atoms with Crippen LogP contribution in [0.15, 0.2) is 216 Å². The zero-order valence-electron chi connectivity index (χ0n) is 59.9. The molecule has 16 rings (SSSR count). The summed E-state index contributed by atoms with van der Waals surface area (Å²) in [5.41, 5.74) is 22.4. The first kappa shape index (κ1) is 78.0. The number of rotatable bonds is 20. The van der Waals surface area contributed by atoms with Gasteiger partial charge in [0, 0.05) is 93.8 Å². The van der Waals surface area contributed by atoms with Crippen molar-refractivity contribution >= 4 is 104 Å². The first-order valence-electron chi connectivity index (χ1n) is 35.7. The molecule has 111 heavy (non-hydrogen) atoms. The van der Waals surface area contributed by atoms with Crippen molar-refractivity contribution in [3.8, 4) is 34.2 Å². The van der Waals surface area contributed by atoms with Crippen LogP contribution < -0.4 is 48.8 Å². The Morgan fingerprint density at radius 1 is 0.486 bits per heavy atom. The van der Waals surface area contributed by atoms with E-state index in [9.17, 15) is 28.8 Å². The lowest BCUT2D eigenvalue weighted by molar-refractivity contribution is -0.125. The van der Waals surface area contributed by atoms with Gasteiger partial charge in [0.2, 0.25) is 11.8 Å². The van der Waals surface area contributed by atoms with Gasteiger partial charge >= 0.3 is 17.1 Å². The zero-order valence-corrected chi connectivity index (χ0v) is 61.4. The van der Waals surface area contributed by atoms with Crippen LogP contribution >= 0.6 is 23.2 Å². The maximum atomic E-state index is 13.7. The third kappa shape index (κ3) is 16.8. The van der Waals surface area contributed by atoms with Crippen LogP contribution in [0.3, 0.4) is 0 Å². The largest absolute Gasteiger partial charge is 0.457 e. The van der Waals surface area contributed by atoms with Gasteiger partial charge < -0.3 is 36.6 Å². The Kier molecular flexibility index (Phi) is 24.1. The van der Waals surface area contributed by atoms with Gasteiger partial charge in [-0.1, -0.05) is 87.5 Å². The van der Waals surface area contributed by atoms with Crippen LogP contribution in [0, 0.1) is 0 Å². The Bertz CT molecular complexity index is 5590. The summed E-state index contributed by atoms with van der Waals surface area (Å²) < 4.78 is 15.0. The highest BCUT2D eigenvalue weighted by molar-refractivity contribution is 6.31. The first-order valence-corrected chi connectivity index (χ1v) is 36.4. The van der Waals surface area contributed by atoms with E-state index in [0.29, 0.717) is 141 Å². The summed E-state index contributed by atoms with van der Waals surface area (Å²) >= 11 is 12.1. The summed E-state index contributed by atoms with van der Waals surface area (Å²) in [5.74, 6) is 2.88. The number of nitrogen functional groups attached to an aromatic ring is 3. The summed E-state index contributed by atoms with van der Waals surface area (Å²) in [4.78, 5) is 123. The minimum atomic E-state index is -0.395. The number of amides is 3. The van der Waals surface area contributed by atoms with Gasteiger partial charge in [-0.15, -0.1) is 0 Å². The molecule has 8 aromatic heterocycles. The Hall–Kier alpha value is -12.6. The maximum absolute atomic E-state index is 13.7. The second-order valence-electron chi connectivity index (χ2n) is 26.7. The minimum absolute atomic E-state index is 0.